The van der Waals surface area contributed by atoms with Crippen molar-refractivity contribution >= 4 is 35.0 Å². The molecule has 1 heterocycles. The molecule has 0 unspecified atom stereocenters. The van der Waals surface area contributed by atoms with Gasteiger partial charge in [-0.2, -0.15) is 0 Å². The van der Waals surface area contributed by atoms with Crippen LogP contribution < -0.4 is 5.32 Å². The first kappa shape index (κ1) is 13.2. The lowest BCUT2D eigenvalue weighted by atomic mass is 10.1. The summed E-state index contributed by atoms with van der Waals surface area (Å²) in [7, 11) is 0. The quantitative estimate of drug-likeness (QED) is 0.858. The van der Waals surface area contributed by atoms with Gasteiger partial charge in [0, 0.05) is 18.1 Å². The summed E-state index contributed by atoms with van der Waals surface area (Å²) in [6, 6.07) is 4.21. The maximum absolute atomic E-state index is 12.3. The number of carbonyl (C=O) groups excluding carboxylic acids is 2. The van der Waals surface area contributed by atoms with Gasteiger partial charge in [-0.3, -0.25) is 9.59 Å². The average molecular weight is 287 g/mol. The first-order valence-corrected chi connectivity index (χ1v) is 6.30. The number of hydrogen-bond acceptors (Lipinski definition) is 2. The molecule has 1 aliphatic heterocycles. The van der Waals surface area contributed by atoms with Crippen molar-refractivity contribution in [2.45, 2.75) is 13.0 Å². The van der Waals surface area contributed by atoms with E-state index in [2.05, 4.69) is 5.32 Å². The van der Waals surface area contributed by atoms with E-state index in [9.17, 15) is 9.59 Å². The molecule has 96 valence electrons. The normalized spacial score (nSPS) is 19.6. The average Bonchev–Trinajstić information content (AvgIpc) is 2.35. The summed E-state index contributed by atoms with van der Waals surface area (Å²) in [4.78, 5) is 25.4. The van der Waals surface area contributed by atoms with Gasteiger partial charge in [-0.15, -0.1) is 0 Å². The zero-order valence-electron chi connectivity index (χ0n) is 9.74. The molecule has 0 radical (unpaired) electrons. The first-order chi connectivity index (χ1) is 8.50. The van der Waals surface area contributed by atoms with Crippen molar-refractivity contribution in [3.8, 4) is 0 Å². The van der Waals surface area contributed by atoms with Gasteiger partial charge in [-0.25, -0.2) is 0 Å². The third-order valence-electron chi connectivity index (χ3n) is 2.92. The minimum Gasteiger partial charge on any atom is -0.353 e. The number of rotatable bonds is 1. The third kappa shape index (κ3) is 2.44. The Kier molecular flexibility index (Phi) is 3.78. The molecule has 2 amide bonds. The van der Waals surface area contributed by atoms with Crippen LogP contribution in [0.25, 0.3) is 0 Å². The summed E-state index contributed by atoms with van der Waals surface area (Å²) in [5.41, 5.74) is 0.325. The summed E-state index contributed by atoms with van der Waals surface area (Å²) >= 11 is 11.8. The number of nitrogens with zero attached hydrogens (tertiary/aromatic N) is 1. The van der Waals surface area contributed by atoms with Crippen molar-refractivity contribution in [2.24, 2.45) is 0 Å². The zero-order chi connectivity index (χ0) is 13.3. The largest absolute Gasteiger partial charge is 0.353 e. The third-order valence-corrected chi connectivity index (χ3v) is 3.48. The van der Waals surface area contributed by atoms with E-state index in [1.54, 1.807) is 19.1 Å². The minimum atomic E-state index is -0.499. The van der Waals surface area contributed by atoms with Gasteiger partial charge in [0.15, 0.2) is 0 Å². The highest BCUT2D eigenvalue weighted by Gasteiger charge is 2.30. The van der Waals surface area contributed by atoms with Crippen LogP contribution in [-0.4, -0.2) is 35.8 Å². The minimum absolute atomic E-state index is 0.159. The second-order valence-electron chi connectivity index (χ2n) is 4.09. The molecule has 0 aliphatic carbocycles. The van der Waals surface area contributed by atoms with Crippen LogP contribution in [-0.2, 0) is 4.79 Å². The molecule has 0 aromatic heterocycles. The molecule has 1 saturated heterocycles. The Balaban J connectivity index is 2.30. The van der Waals surface area contributed by atoms with Gasteiger partial charge in [0.05, 0.1) is 10.6 Å². The maximum atomic E-state index is 12.3. The van der Waals surface area contributed by atoms with E-state index < -0.39 is 6.04 Å². The van der Waals surface area contributed by atoms with E-state index in [4.69, 9.17) is 23.2 Å². The zero-order valence-corrected chi connectivity index (χ0v) is 11.3. The second kappa shape index (κ2) is 5.16. The monoisotopic (exact) mass is 286 g/mol. The van der Waals surface area contributed by atoms with Crippen LogP contribution in [0.15, 0.2) is 18.2 Å². The van der Waals surface area contributed by atoms with Crippen LogP contribution in [0.2, 0.25) is 10.0 Å². The van der Waals surface area contributed by atoms with Crippen LogP contribution in [0.4, 0.5) is 0 Å². The van der Waals surface area contributed by atoms with Gasteiger partial charge in [-0.05, 0) is 25.1 Å². The summed E-state index contributed by atoms with van der Waals surface area (Å²) < 4.78 is 0. The Labute approximate surface area is 115 Å². The van der Waals surface area contributed by atoms with Gasteiger partial charge in [0.2, 0.25) is 5.91 Å². The van der Waals surface area contributed by atoms with E-state index in [1.165, 1.54) is 11.0 Å². The number of piperazine rings is 1. The van der Waals surface area contributed by atoms with Crippen molar-refractivity contribution in [3.05, 3.63) is 33.8 Å². The van der Waals surface area contributed by atoms with Gasteiger partial charge >= 0.3 is 0 Å². The molecule has 1 aliphatic rings. The summed E-state index contributed by atoms with van der Waals surface area (Å²) in [5.74, 6) is -0.433. The van der Waals surface area contributed by atoms with Crippen molar-refractivity contribution in [1.82, 2.24) is 10.2 Å². The Bertz CT molecular complexity index is 505. The molecule has 1 atom stereocenters. The molecule has 18 heavy (non-hydrogen) atoms. The van der Waals surface area contributed by atoms with Gasteiger partial charge in [0.25, 0.3) is 5.91 Å². The van der Waals surface area contributed by atoms with Gasteiger partial charge < -0.3 is 10.2 Å². The number of halogens is 2. The molecule has 4 nitrogen and oxygen atoms in total. The van der Waals surface area contributed by atoms with Crippen LogP contribution >= 0.6 is 23.2 Å². The Morgan fingerprint density at radius 1 is 1.44 bits per heavy atom. The topological polar surface area (TPSA) is 49.4 Å². The lowest BCUT2D eigenvalue weighted by Crippen LogP contribution is -2.55. The number of hydrogen-bond donors (Lipinski definition) is 1. The molecule has 0 saturated carbocycles. The van der Waals surface area contributed by atoms with E-state index in [-0.39, 0.29) is 11.8 Å². The molecule has 1 fully saturated rings. The SMILES string of the molecule is C[C@@H]1C(=O)NCCN1C(=O)c1cc(Cl)ccc1Cl. The van der Waals surface area contributed by atoms with E-state index in [1.807, 2.05) is 0 Å². The molecule has 6 heteroatoms. The predicted molar refractivity (Wildman–Crippen MR) is 70.0 cm³/mol. The van der Waals surface area contributed by atoms with Crippen LogP contribution in [0.1, 0.15) is 17.3 Å². The molecule has 1 aromatic carbocycles. The molecule has 2 rings (SSSR count). The van der Waals surface area contributed by atoms with Crippen molar-refractivity contribution < 1.29 is 9.59 Å². The number of amides is 2. The van der Waals surface area contributed by atoms with Crippen LogP contribution in [0, 0.1) is 0 Å². The predicted octanol–water partition coefficient (Wildman–Crippen LogP) is 1.95. The summed E-state index contributed by atoms with van der Waals surface area (Å²) in [5, 5.41) is 3.48. The lowest BCUT2D eigenvalue weighted by molar-refractivity contribution is -0.127. The summed E-state index contributed by atoms with van der Waals surface area (Å²) in [6.45, 7) is 2.60. The molecule has 1 aromatic rings. The van der Waals surface area contributed by atoms with E-state index in [0.717, 1.165) is 0 Å². The smallest absolute Gasteiger partial charge is 0.256 e. The van der Waals surface area contributed by atoms with Crippen molar-refractivity contribution in [3.63, 3.8) is 0 Å². The van der Waals surface area contributed by atoms with Crippen LogP contribution in [0.5, 0.6) is 0 Å². The Hall–Kier alpha value is -1.26. The van der Waals surface area contributed by atoms with E-state index in [0.29, 0.717) is 28.7 Å². The molecular weight excluding hydrogens is 275 g/mol. The fourth-order valence-electron chi connectivity index (χ4n) is 1.88. The highest BCUT2D eigenvalue weighted by Crippen LogP contribution is 2.23. The molecule has 0 spiro atoms. The number of carbonyl (C=O) groups is 2. The van der Waals surface area contributed by atoms with E-state index >= 15 is 0 Å². The fourth-order valence-corrected chi connectivity index (χ4v) is 2.25. The summed E-state index contributed by atoms with van der Waals surface area (Å²) in [6.07, 6.45) is 0. The second-order valence-corrected chi connectivity index (χ2v) is 4.93. The highest BCUT2D eigenvalue weighted by atomic mass is 35.5. The maximum Gasteiger partial charge on any atom is 0.256 e. The lowest BCUT2D eigenvalue weighted by Gasteiger charge is -2.33. The first-order valence-electron chi connectivity index (χ1n) is 5.54. The van der Waals surface area contributed by atoms with Crippen molar-refractivity contribution in [1.29, 1.82) is 0 Å². The van der Waals surface area contributed by atoms with Crippen molar-refractivity contribution in [2.75, 3.05) is 13.1 Å². The molecule has 0 bridgehead atoms. The molecule has 1 N–H and O–H groups in total. The van der Waals surface area contributed by atoms with Gasteiger partial charge in [-0.1, -0.05) is 23.2 Å². The molecular formula is C12H12Cl2N2O2. The number of nitrogens with one attached hydrogen (secondary N) is 1. The number of benzene rings is 1. The van der Waals surface area contributed by atoms with Gasteiger partial charge in [0.1, 0.15) is 6.04 Å². The Morgan fingerprint density at radius 3 is 2.89 bits per heavy atom. The van der Waals surface area contributed by atoms with Crippen LogP contribution in [0.3, 0.4) is 0 Å². The fraction of sp³-hybridized carbons (Fsp3) is 0.333. The standard InChI is InChI=1S/C12H12Cl2N2O2/c1-7-11(17)15-4-5-16(7)12(18)9-6-8(13)2-3-10(9)14/h2-3,6-7H,4-5H2,1H3,(H,15,17)/t7-/m1/s1. The highest BCUT2D eigenvalue weighted by molar-refractivity contribution is 6.35. The Morgan fingerprint density at radius 2 is 2.17 bits per heavy atom.